The summed E-state index contributed by atoms with van der Waals surface area (Å²) in [5, 5.41) is 1.21. The first-order valence-corrected chi connectivity index (χ1v) is 8.81. The maximum atomic E-state index is 11.4. The summed E-state index contributed by atoms with van der Waals surface area (Å²) in [7, 11) is 0. The monoisotopic (exact) mass is 362 g/mol. The molecular weight excluding hydrogens is 343 g/mol. The number of ketones is 1. The molecule has 3 rings (SSSR count). The summed E-state index contributed by atoms with van der Waals surface area (Å²) in [6.07, 6.45) is 0. The van der Waals surface area contributed by atoms with Gasteiger partial charge in [0.25, 0.3) is 0 Å². The number of halogens is 2. The second kappa shape index (κ2) is 7.56. The Morgan fingerprint density at radius 3 is 2.21 bits per heavy atom. The third-order valence-electron chi connectivity index (χ3n) is 4.40. The molecule has 0 atom stereocenters. The maximum absolute atomic E-state index is 11.4. The molecule has 0 amide bonds. The van der Waals surface area contributed by atoms with Crippen LogP contribution in [0.15, 0.2) is 42.5 Å². The predicted molar refractivity (Wildman–Crippen MR) is 100 cm³/mol. The normalized spacial score (nSPS) is 15.5. The Kier molecular flexibility index (Phi) is 5.44. The van der Waals surface area contributed by atoms with E-state index < -0.39 is 0 Å². The van der Waals surface area contributed by atoms with E-state index in [1.165, 1.54) is 11.3 Å². The minimum atomic E-state index is 0.105. The number of Topliss-reactive ketones (excluding diaryl/α,β-unsaturated/α-hetero) is 1. The summed E-state index contributed by atoms with van der Waals surface area (Å²) in [5.74, 6) is 0.105. The standard InChI is InChI=1S/C19H20Cl2N2O/c1-14(24)16-3-5-17(6-4-16)23-10-8-22(9-11-23)13-15-2-7-18(20)19(21)12-15/h2-7,12H,8-11,13H2,1H3. The highest BCUT2D eigenvalue weighted by molar-refractivity contribution is 6.42. The van der Waals surface area contributed by atoms with Crippen molar-refractivity contribution in [2.45, 2.75) is 13.5 Å². The Bertz CT molecular complexity index is 723. The van der Waals surface area contributed by atoms with Crippen molar-refractivity contribution >= 4 is 34.7 Å². The molecule has 1 aliphatic rings. The lowest BCUT2D eigenvalue weighted by Gasteiger charge is -2.36. The molecule has 0 aliphatic carbocycles. The average Bonchev–Trinajstić information content (AvgIpc) is 2.59. The van der Waals surface area contributed by atoms with Crippen molar-refractivity contribution < 1.29 is 4.79 Å². The molecule has 1 saturated heterocycles. The van der Waals surface area contributed by atoms with E-state index in [2.05, 4.69) is 9.80 Å². The van der Waals surface area contributed by atoms with Crippen molar-refractivity contribution in [3.63, 3.8) is 0 Å². The number of hydrogen-bond donors (Lipinski definition) is 0. The second-order valence-corrected chi connectivity index (χ2v) is 6.93. The van der Waals surface area contributed by atoms with Gasteiger partial charge in [0.2, 0.25) is 0 Å². The molecule has 0 unspecified atom stereocenters. The number of nitrogens with zero attached hydrogens (tertiary/aromatic N) is 2. The minimum absolute atomic E-state index is 0.105. The van der Waals surface area contributed by atoms with E-state index >= 15 is 0 Å². The zero-order chi connectivity index (χ0) is 17.1. The predicted octanol–water partition coefficient (Wildman–Crippen LogP) is 4.52. The first kappa shape index (κ1) is 17.3. The number of rotatable bonds is 4. The molecule has 0 spiro atoms. The van der Waals surface area contributed by atoms with Gasteiger partial charge in [-0.25, -0.2) is 0 Å². The lowest BCUT2D eigenvalue weighted by atomic mass is 10.1. The van der Waals surface area contributed by atoms with Crippen molar-refractivity contribution in [1.29, 1.82) is 0 Å². The molecule has 0 saturated carbocycles. The van der Waals surface area contributed by atoms with Crippen molar-refractivity contribution in [3.05, 3.63) is 63.6 Å². The molecule has 2 aromatic carbocycles. The summed E-state index contributed by atoms with van der Waals surface area (Å²) < 4.78 is 0. The summed E-state index contributed by atoms with van der Waals surface area (Å²) in [5.41, 5.74) is 3.12. The number of hydrogen-bond acceptors (Lipinski definition) is 3. The van der Waals surface area contributed by atoms with E-state index in [-0.39, 0.29) is 5.78 Å². The molecule has 1 heterocycles. The van der Waals surface area contributed by atoms with Crippen LogP contribution in [0.1, 0.15) is 22.8 Å². The van der Waals surface area contributed by atoms with E-state index in [4.69, 9.17) is 23.2 Å². The molecule has 0 N–H and O–H groups in total. The Labute approximate surface area is 152 Å². The van der Waals surface area contributed by atoms with Gasteiger partial charge in [0.1, 0.15) is 0 Å². The van der Waals surface area contributed by atoms with Crippen LogP contribution in [0.4, 0.5) is 5.69 Å². The number of piperazine rings is 1. The Balaban J connectivity index is 1.57. The number of carbonyl (C=O) groups excluding carboxylic acids is 1. The number of benzene rings is 2. The smallest absolute Gasteiger partial charge is 0.159 e. The van der Waals surface area contributed by atoms with Crippen LogP contribution >= 0.6 is 23.2 Å². The Morgan fingerprint density at radius 2 is 1.62 bits per heavy atom. The van der Waals surface area contributed by atoms with E-state index in [1.54, 1.807) is 6.92 Å². The van der Waals surface area contributed by atoms with Gasteiger partial charge in [-0.15, -0.1) is 0 Å². The first-order valence-electron chi connectivity index (χ1n) is 8.05. The van der Waals surface area contributed by atoms with Crippen LogP contribution in [-0.4, -0.2) is 36.9 Å². The van der Waals surface area contributed by atoms with Gasteiger partial charge < -0.3 is 4.90 Å². The molecule has 5 heteroatoms. The van der Waals surface area contributed by atoms with Crippen molar-refractivity contribution in [3.8, 4) is 0 Å². The SMILES string of the molecule is CC(=O)c1ccc(N2CCN(Cc3ccc(Cl)c(Cl)c3)CC2)cc1. The fourth-order valence-corrected chi connectivity index (χ4v) is 3.29. The van der Waals surface area contributed by atoms with Gasteiger partial charge >= 0.3 is 0 Å². The highest BCUT2D eigenvalue weighted by atomic mass is 35.5. The third-order valence-corrected chi connectivity index (χ3v) is 5.14. The molecule has 0 bridgehead atoms. The van der Waals surface area contributed by atoms with E-state index in [9.17, 15) is 4.79 Å². The summed E-state index contributed by atoms with van der Waals surface area (Å²) >= 11 is 12.1. The first-order chi connectivity index (χ1) is 11.5. The maximum Gasteiger partial charge on any atom is 0.159 e. The number of carbonyl (C=O) groups is 1. The fourth-order valence-electron chi connectivity index (χ4n) is 2.97. The molecule has 3 nitrogen and oxygen atoms in total. The lowest BCUT2D eigenvalue weighted by Crippen LogP contribution is -2.45. The van der Waals surface area contributed by atoms with Gasteiger partial charge in [-0.05, 0) is 48.9 Å². The van der Waals surface area contributed by atoms with Crippen LogP contribution in [0, 0.1) is 0 Å². The molecule has 126 valence electrons. The van der Waals surface area contributed by atoms with Crippen LogP contribution in [0.25, 0.3) is 0 Å². The van der Waals surface area contributed by atoms with Crippen molar-refractivity contribution in [2.24, 2.45) is 0 Å². The van der Waals surface area contributed by atoms with Gasteiger partial charge in [-0.3, -0.25) is 9.69 Å². The van der Waals surface area contributed by atoms with E-state index in [0.29, 0.717) is 10.0 Å². The highest BCUT2D eigenvalue weighted by Crippen LogP contribution is 2.24. The second-order valence-electron chi connectivity index (χ2n) is 6.11. The highest BCUT2D eigenvalue weighted by Gasteiger charge is 2.17. The third kappa shape index (κ3) is 4.10. The minimum Gasteiger partial charge on any atom is -0.369 e. The number of anilines is 1. The van der Waals surface area contributed by atoms with Crippen LogP contribution in [0.2, 0.25) is 10.0 Å². The van der Waals surface area contributed by atoms with Crippen LogP contribution in [0.3, 0.4) is 0 Å². The van der Waals surface area contributed by atoms with E-state index in [1.807, 2.05) is 42.5 Å². The summed E-state index contributed by atoms with van der Waals surface area (Å²) in [6.45, 7) is 6.41. The van der Waals surface area contributed by atoms with Gasteiger partial charge in [-0.1, -0.05) is 29.3 Å². The Hall–Kier alpha value is -1.55. The summed E-state index contributed by atoms with van der Waals surface area (Å²) in [6, 6.07) is 13.7. The van der Waals surface area contributed by atoms with Crippen molar-refractivity contribution in [1.82, 2.24) is 4.90 Å². The van der Waals surface area contributed by atoms with Gasteiger partial charge in [0, 0.05) is 44.0 Å². The molecule has 0 radical (unpaired) electrons. The van der Waals surface area contributed by atoms with Gasteiger partial charge in [-0.2, -0.15) is 0 Å². The molecule has 1 fully saturated rings. The molecular formula is C19H20Cl2N2O. The van der Waals surface area contributed by atoms with Gasteiger partial charge in [0.15, 0.2) is 5.78 Å². The quantitative estimate of drug-likeness (QED) is 0.747. The average molecular weight is 363 g/mol. The van der Waals surface area contributed by atoms with Crippen LogP contribution in [0.5, 0.6) is 0 Å². The zero-order valence-electron chi connectivity index (χ0n) is 13.6. The van der Waals surface area contributed by atoms with E-state index in [0.717, 1.165) is 38.3 Å². The van der Waals surface area contributed by atoms with Crippen molar-refractivity contribution in [2.75, 3.05) is 31.1 Å². The Morgan fingerprint density at radius 1 is 0.958 bits per heavy atom. The molecule has 1 aliphatic heterocycles. The summed E-state index contributed by atoms with van der Waals surface area (Å²) in [4.78, 5) is 16.1. The molecule has 0 aromatic heterocycles. The van der Waals surface area contributed by atoms with Gasteiger partial charge in [0.05, 0.1) is 10.0 Å². The molecule has 24 heavy (non-hydrogen) atoms. The van der Waals surface area contributed by atoms with Crippen LogP contribution in [-0.2, 0) is 6.54 Å². The zero-order valence-corrected chi connectivity index (χ0v) is 15.1. The fraction of sp³-hybridized carbons (Fsp3) is 0.316. The largest absolute Gasteiger partial charge is 0.369 e. The van der Waals surface area contributed by atoms with Crippen LogP contribution < -0.4 is 4.90 Å². The lowest BCUT2D eigenvalue weighted by molar-refractivity contribution is 0.101. The molecule has 2 aromatic rings. The topological polar surface area (TPSA) is 23.6 Å².